The first-order valence-electron chi connectivity index (χ1n) is 9.66. The topological polar surface area (TPSA) is 102 Å². The maximum Gasteiger partial charge on any atom is 0.338 e. The lowest BCUT2D eigenvalue weighted by Crippen LogP contribution is -2.47. The first-order chi connectivity index (χ1) is 14.6. The third kappa shape index (κ3) is 4.77. The number of benzene rings is 2. The minimum absolute atomic E-state index is 0.0122. The van der Waals surface area contributed by atoms with Crippen LogP contribution in [0.25, 0.3) is 0 Å². The standard InChI is InChI=1S/C22H23FN2O5S/c1-4-30-21(26)19-18(12-31(28,29)15-9-10-17(23)14(3)11-15)24-22(27)25-20(19)16-8-6-5-7-13(16)2/h5-11,20H,4,12H2,1-3H3,(H2,24,25,27)/t20-/m0/s1. The van der Waals surface area contributed by atoms with E-state index >= 15 is 0 Å². The predicted molar refractivity (Wildman–Crippen MR) is 112 cm³/mol. The van der Waals surface area contributed by atoms with Crippen LogP contribution in [0.5, 0.6) is 0 Å². The van der Waals surface area contributed by atoms with Gasteiger partial charge in [-0.25, -0.2) is 22.4 Å². The van der Waals surface area contributed by atoms with Crippen LogP contribution in [-0.4, -0.2) is 32.8 Å². The third-order valence-corrected chi connectivity index (χ3v) is 6.61. The van der Waals surface area contributed by atoms with E-state index in [1.165, 1.54) is 13.0 Å². The molecular formula is C22H23FN2O5S. The molecule has 3 rings (SSSR count). The van der Waals surface area contributed by atoms with E-state index < -0.39 is 39.4 Å². The van der Waals surface area contributed by atoms with Gasteiger partial charge in [-0.3, -0.25) is 0 Å². The number of carbonyl (C=O) groups excluding carboxylic acids is 2. The zero-order chi connectivity index (χ0) is 22.8. The highest BCUT2D eigenvalue weighted by atomic mass is 32.2. The van der Waals surface area contributed by atoms with Crippen LogP contribution in [-0.2, 0) is 19.4 Å². The third-order valence-electron chi connectivity index (χ3n) is 4.97. The average Bonchev–Trinajstić information content (AvgIpc) is 2.69. The highest BCUT2D eigenvalue weighted by Crippen LogP contribution is 2.31. The normalized spacial score (nSPS) is 16.5. The number of nitrogens with one attached hydrogen (secondary N) is 2. The number of rotatable bonds is 6. The van der Waals surface area contributed by atoms with Crippen LogP contribution in [0.4, 0.5) is 9.18 Å². The van der Waals surface area contributed by atoms with Crippen LogP contribution in [0.1, 0.15) is 29.7 Å². The number of carbonyl (C=O) groups is 2. The summed E-state index contributed by atoms with van der Waals surface area (Å²) in [4.78, 5) is 25.1. The van der Waals surface area contributed by atoms with E-state index in [1.54, 1.807) is 19.1 Å². The van der Waals surface area contributed by atoms with Gasteiger partial charge in [-0.15, -0.1) is 0 Å². The molecule has 9 heteroatoms. The monoisotopic (exact) mass is 446 g/mol. The van der Waals surface area contributed by atoms with E-state index in [-0.39, 0.29) is 28.3 Å². The number of ether oxygens (including phenoxy) is 1. The smallest absolute Gasteiger partial charge is 0.338 e. The Labute approximate surface area is 180 Å². The minimum Gasteiger partial charge on any atom is -0.463 e. The lowest BCUT2D eigenvalue weighted by Gasteiger charge is -2.30. The van der Waals surface area contributed by atoms with Gasteiger partial charge in [-0.05, 0) is 55.7 Å². The number of hydrogen-bond donors (Lipinski definition) is 2. The number of aryl methyl sites for hydroxylation is 2. The van der Waals surface area contributed by atoms with Gasteiger partial charge in [-0.2, -0.15) is 0 Å². The minimum atomic E-state index is -3.99. The maximum absolute atomic E-state index is 13.6. The molecule has 0 unspecified atom stereocenters. The fourth-order valence-electron chi connectivity index (χ4n) is 3.41. The van der Waals surface area contributed by atoms with Crippen molar-refractivity contribution >= 4 is 21.8 Å². The van der Waals surface area contributed by atoms with Gasteiger partial charge in [0.15, 0.2) is 9.84 Å². The Bertz CT molecular complexity index is 1170. The summed E-state index contributed by atoms with van der Waals surface area (Å²) in [6, 6.07) is 9.08. The number of urea groups is 1. The van der Waals surface area contributed by atoms with Crippen LogP contribution in [0.15, 0.2) is 58.6 Å². The molecule has 1 aliphatic heterocycles. The first kappa shape index (κ1) is 22.5. The number of hydrogen-bond acceptors (Lipinski definition) is 5. The van der Waals surface area contributed by atoms with Crippen molar-refractivity contribution in [1.29, 1.82) is 0 Å². The average molecular weight is 447 g/mol. The van der Waals surface area contributed by atoms with Gasteiger partial charge in [0.05, 0.1) is 28.9 Å². The number of halogens is 1. The summed E-state index contributed by atoms with van der Waals surface area (Å²) in [7, 11) is -3.99. The molecule has 0 spiro atoms. The lowest BCUT2D eigenvalue weighted by molar-refractivity contribution is -0.139. The highest BCUT2D eigenvalue weighted by molar-refractivity contribution is 7.91. The van der Waals surface area contributed by atoms with Crippen molar-refractivity contribution in [2.75, 3.05) is 12.4 Å². The van der Waals surface area contributed by atoms with Crippen LogP contribution >= 0.6 is 0 Å². The Balaban J connectivity index is 2.13. The summed E-state index contributed by atoms with van der Waals surface area (Å²) >= 11 is 0. The van der Waals surface area contributed by atoms with Crippen molar-refractivity contribution in [1.82, 2.24) is 10.6 Å². The summed E-state index contributed by atoms with van der Waals surface area (Å²) in [5, 5.41) is 5.13. The Morgan fingerprint density at radius 3 is 2.48 bits per heavy atom. The molecule has 0 aliphatic carbocycles. The summed E-state index contributed by atoms with van der Waals surface area (Å²) in [5.74, 6) is -1.91. The van der Waals surface area contributed by atoms with Crippen molar-refractivity contribution in [2.45, 2.75) is 31.7 Å². The van der Waals surface area contributed by atoms with E-state index in [9.17, 15) is 22.4 Å². The SMILES string of the molecule is CCOC(=O)C1=C(CS(=O)(=O)c2ccc(F)c(C)c2)NC(=O)N[C@H]1c1ccccc1C. The second-order valence-electron chi connectivity index (χ2n) is 7.17. The van der Waals surface area contributed by atoms with E-state index in [0.717, 1.165) is 17.7 Å². The Morgan fingerprint density at radius 1 is 1.13 bits per heavy atom. The van der Waals surface area contributed by atoms with Crippen molar-refractivity contribution in [3.05, 3.63) is 76.2 Å². The summed E-state index contributed by atoms with van der Waals surface area (Å²) in [6.45, 7) is 4.99. The Hall–Kier alpha value is -3.20. The molecule has 164 valence electrons. The second-order valence-corrected chi connectivity index (χ2v) is 9.16. The molecule has 0 radical (unpaired) electrons. The van der Waals surface area contributed by atoms with Crippen LogP contribution in [0, 0.1) is 19.7 Å². The zero-order valence-electron chi connectivity index (χ0n) is 17.4. The number of amides is 2. The molecule has 1 atom stereocenters. The molecule has 2 amide bonds. The molecule has 0 saturated carbocycles. The van der Waals surface area contributed by atoms with Crippen LogP contribution < -0.4 is 10.6 Å². The van der Waals surface area contributed by atoms with E-state index in [2.05, 4.69) is 10.6 Å². The Kier molecular flexibility index (Phi) is 6.45. The highest BCUT2D eigenvalue weighted by Gasteiger charge is 2.36. The van der Waals surface area contributed by atoms with E-state index in [0.29, 0.717) is 5.56 Å². The second kappa shape index (κ2) is 8.89. The molecule has 31 heavy (non-hydrogen) atoms. The van der Waals surface area contributed by atoms with Crippen molar-refractivity contribution in [3.8, 4) is 0 Å². The lowest BCUT2D eigenvalue weighted by atomic mass is 9.92. The van der Waals surface area contributed by atoms with Crippen molar-refractivity contribution in [2.24, 2.45) is 0 Å². The largest absolute Gasteiger partial charge is 0.463 e. The van der Waals surface area contributed by atoms with Gasteiger partial charge in [0, 0.05) is 5.70 Å². The summed E-state index contributed by atoms with van der Waals surface area (Å²) < 4.78 is 44.8. The summed E-state index contributed by atoms with van der Waals surface area (Å²) in [6.07, 6.45) is 0. The molecule has 0 bridgehead atoms. The van der Waals surface area contributed by atoms with Gasteiger partial charge in [0.1, 0.15) is 5.82 Å². The fraction of sp³-hybridized carbons (Fsp3) is 0.273. The van der Waals surface area contributed by atoms with Gasteiger partial charge < -0.3 is 15.4 Å². The van der Waals surface area contributed by atoms with Gasteiger partial charge in [-0.1, -0.05) is 24.3 Å². The maximum atomic E-state index is 13.6. The van der Waals surface area contributed by atoms with Gasteiger partial charge >= 0.3 is 12.0 Å². The van der Waals surface area contributed by atoms with Crippen LogP contribution in [0.2, 0.25) is 0 Å². The predicted octanol–water partition coefficient (Wildman–Crippen LogP) is 3.09. The fourth-order valence-corrected chi connectivity index (χ4v) is 4.82. The van der Waals surface area contributed by atoms with Crippen LogP contribution in [0.3, 0.4) is 0 Å². The Morgan fingerprint density at radius 2 is 1.84 bits per heavy atom. The molecule has 1 aliphatic rings. The number of sulfone groups is 1. The molecule has 2 aromatic carbocycles. The van der Waals surface area contributed by atoms with E-state index in [1.807, 2.05) is 19.1 Å². The molecule has 2 N–H and O–H groups in total. The molecular weight excluding hydrogens is 423 g/mol. The van der Waals surface area contributed by atoms with Crippen molar-refractivity contribution < 1.29 is 27.1 Å². The molecule has 0 fully saturated rings. The zero-order valence-corrected chi connectivity index (χ0v) is 18.2. The van der Waals surface area contributed by atoms with E-state index in [4.69, 9.17) is 4.74 Å². The number of esters is 1. The first-order valence-corrected chi connectivity index (χ1v) is 11.3. The molecule has 0 aromatic heterocycles. The molecule has 7 nitrogen and oxygen atoms in total. The quantitative estimate of drug-likeness (QED) is 0.525. The summed E-state index contributed by atoms with van der Waals surface area (Å²) in [5.41, 5.74) is 1.57. The molecule has 1 heterocycles. The van der Waals surface area contributed by atoms with Gasteiger partial charge in [0.25, 0.3) is 0 Å². The molecule has 2 aromatic rings. The molecule has 0 saturated heterocycles. The van der Waals surface area contributed by atoms with Crippen molar-refractivity contribution in [3.63, 3.8) is 0 Å². The van der Waals surface area contributed by atoms with Gasteiger partial charge in [0.2, 0.25) is 0 Å².